The van der Waals surface area contributed by atoms with Crippen LogP contribution in [0.1, 0.15) is 66.8 Å². The van der Waals surface area contributed by atoms with Crippen molar-refractivity contribution >= 4 is 34.5 Å². The summed E-state index contributed by atoms with van der Waals surface area (Å²) in [5.74, 6) is -0.375. The highest BCUT2D eigenvalue weighted by atomic mass is 16.6. The standard InChI is InChI=1S/C33H41N5O4/c1-33(2)19-28-30(25-6-4-5-7-27(25)38(28)29(39)20-33)21-8-13-24(31(34)40)26(18-21)35-22-9-11-23(12-10-22)42-32(41)37-16-14-36(3)15-17-37/h4-8,13,18,22-23,35H,9-12,14-17,19-20H2,1-3H3,(H2,34,40)/t22-,23-. The molecule has 1 aromatic heterocycles. The number of rotatable bonds is 5. The molecule has 0 bridgehead atoms. The van der Waals surface area contributed by atoms with Crippen LogP contribution in [-0.4, -0.2) is 77.6 Å². The fourth-order valence-electron chi connectivity index (χ4n) is 6.86. The van der Waals surface area contributed by atoms with Gasteiger partial charge in [-0.15, -0.1) is 0 Å². The summed E-state index contributed by atoms with van der Waals surface area (Å²) in [5, 5.41) is 4.62. The zero-order valence-corrected chi connectivity index (χ0v) is 24.8. The number of nitrogens with two attached hydrogens (primary N) is 1. The molecule has 0 spiro atoms. The monoisotopic (exact) mass is 571 g/mol. The summed E-state index contributed by atoms with van der Waals surface area (Å²) in [6.07, 6.45) is 4.12. The van der Waals surface area contributed by atoms with E-state index >= 15 is 0 Å². The normalized spacial score (nSPS) is 22.5. The van der Waals surface area contributed by atoms with E-state index in [2.05, 4.69) is 37.2 Å². The number of nitrogens with zero attached hydrogens (tertiary/aromatic N) is 3. The second-order valence-corrected chi connectivity index (χ2v) is 13.0. The Morgan fingerprint density at radius 1 is 0.976 bits per heavy atom. The lowest BCUT2D eigenvalue weighted by Gasteiger charge is -2.34. The average molecular weight is 572 g/mol. The zero-order chi connectivity index (χ0) is 29.6. The molecule has 2 fully saturated rings. The highest BCUT2D eigenvalue weighted by molar-refractivity contribution is 6.06. The molecule has 0 unspecified atom stereocenters. The Kier molecular flexibility index (Phi) is 7.47. The predicted molar refractivity (Wildman–Crippen MR) is 164 cm³/mol. The van der Waals surface area contributed by atoms with E-state index < -0.39 is 5.91 Å². The molecule has 9 heteroatoms. The number of ether oxygens (including phenoxy) is 1. The topological polar surface area (TPSA) is 110 Å². The number of hydrogen-bond donors (Lipinski definition) is 2. The van der Waals surface area contributed by atoms with Crippen molar-refractivity contribution in [3.8, 4) is 11.1 Å². The first kappa shape index (κ1) is 28.3. The molecule has 1 aliphatic carbocycles. The minimum absolute atomic E-state index is 0.0997. The van der Waals surface area contributed by atoms with Crippen LogP contribution in [0.5, 0.6) is 0 Å². The van der Waals surface area contributed by atoms with Gasteiger partial charge >= 0.3 is 6.09 Å². The van der Waals surface area contributed by atoms with Crippen molar-refractivity contribution < 1.29 is 19.1 Å². The first-order valence-electron chi connectivity index (χ1n) is 15.1. The van der Waals surface area contributed by atoms with Crippen LogP contribution in [0, 0.1) is 5.41 Å². The van der Waals surface area contributed by atoms with Gasteiger partial charge in [0.25, 0.3) is 5.91 Å². The van der Waals surface area contributed by atoms with Gasteiger partial charge in [-0.2, -0.15) is 0 Å². The lowest BCUT2D eigenvalue weighted by molar-refractivity contribution is 0.0340. The van der Waals surface area contributed by atoms with E-state index in [0.717, 1.165) is 72.9 Å². The Hall–Kier alpha value is -3.85. The Balaban J connectivity index is 1.23. The molecule has 9 nitrogen and oxygen atoms in total. The van der Waals surface area contributed by atoms with Crippen molar-refractivity contribution in [1.29, 1.82) is 0 Å². The van der Waals surface area contributed by atoms with Crippen LogP contribution in [0.15, 0.2) is 42.5 Å². The van der Waals surface area contributed by atoms with E-state index in [1.165, 1.54) is 0 Å². The third kappa shape index (κ3) is 5.50. The maximum atomic E-state index is 13.3. The number of hydrogen-bond acceptors (Lipinski definition) is 6. The third-order valence-corrected chi connectivity index (χ3v) is 9.13. The van der Waals surface area contributed by atoms with Gasteiger partial charge in [0.1, 0.15) is 6.10 Å². The van der Waals surface area contributed by atoms with Crippen molar-refractivity contribution in [3.05, 3.63) is 53.7 Å². The van der Waals surface area contributed by atoms with Gasteiger partial charge in [0.2, 0.25) is 5.91 Å². The lowest BCUT2D eigenvalue weighted by atomic mass is 9.80. The zero-order valence-electron chi connectivity index (χ0n) is 24.8. The van der Waals surface area contributed by atoms with Crippen LogP contribution in [0.2, 0.25) is 0 Å². The molecule has 0 radical (unpaired) electrons. The SMILES string of the molecule is CN1CCN(C(=O)O[C@H]2CC[C@H](Nc3cc(-c4c5n(c6ccccc46)C(=O)CC(C)(C)C5)ccc3C(N)=O)CC2)CC1. The van der Waals surface area contributed by atoms with Gasteiger partial charge in [-0.25, -0.2) is 4.79 Å². The van der Waals surface area contributed by atoms with Gasteiger partial charge < -0.3 is 25.6 Å². The van der Waals surface area contributed by atoms with Gasteiger partial charge in [-0.1, -0.05) is 38.1 Å². The summed E-state index contributed by atoms with van der Waals surface area (Å²) in [6, 6.07) is 13.9. The van der Waals surface area contributed by atoms with Gasteiger partial charge in [-0.3, -0.25) is 14.2 Å². The third-order valence-electron chi connectivity index (χ3n) is 9.13. The first-order valence-corrected chi connectivity index (χ1v) is 15.1. The number of para-hydroxylation sites is 1. The summed E-state index contributed by atoms with van der Waals surface area (Å²) >= 11 is 0. The lowest BCUT2D eigenvalue weighted by Crippen LogP contribution is -2.48. The van der Waals surface area contributed by atoms with Crippen LogP contribution in [0.4, 0.5) is 10.5 Å². The quantitative estimate of drug-likeness (QED) is 0.440. The van der Waals surface area contributed by atoms with E-state index in [1.807, 2.05) is 34.9 Å². The van der Waals surface area contributed by atoms with Crippen molar-refractivity contribution in [2.24, 2.45) is 11.1 Å². The van der Waals surface area contributed by atoms with Gasteiger partial charge in [-0.05, 0) is 68.3 Å². The number of nitrogens with one attached hydrogen (secondary N) is 1. The van der Waals surface area contributed by atoms with Crippen LogP contribution < -0.4 is 11.1 Å². The minimum atomic E-state index is -0.487. The second-order valence-electron chi connectivity index (χ2n) is 13.0. The molecule has 1 saturated heterocycles. The Labute approximate surface area is 247 Å². The molecule has 3 aliphatic rings. The number of anilines is 1. The fourth-order valence-corrected chi connectivity index (χ4v) is 6.86. The van der Waals surface area contributed by atoms with Crippen molar-refractivity contribution in [2.45, 2.75) is 64.5 Å². The number of amides is 2. The van der Waals surface area contributed by atoms with E-state index in [0.29, 0.717) is 30.8 Å². The molecule has 3 aromatic rings. The van der Waals surface area contributed by atoms with Crippen molar-refractivity contribution in [2.75, 3.05) is 38.5 Å². The molecule has 3 heterocycles. The van der Waals surface area contributed by atoms with Crippen molar-refractivity contribution in [1.82, 2.24) is 14.4 Å². The van der Waals surface area contributed by atoms with E-state index in [4.69, 9.17) is 10.5 Å². The maximum absolute atomic E-state index is 13.3. The Bertz CT molecular complexity index is 1530. The number of fused-ring (bicyclic) bond motifs is 3. The molecule has 6 rings (SSSR count). The average Bonchev–Trinajstić information content (AvgIpc) is 3.27. The van der Waals surface area contributed by atoms with Crippen LogP contribution in [-0.2, 0) is 11.2 Å². The number of carbonyl (C=O) groups is 3. The van der Waals surface area contributed by atoms with Crippen LogP contribution in [0.25, 0.3) is 22.0 Å². The van der Waals surface area contributed by atoms with Crippen LogP contribution >= 0.6 is 0 Å². The largest absolute Gasteiger partial charge is 0.446 e. The molecule has 222 valence electrons. The number of likely N-dealkylation sites (N-methyl/N-ethyl adjacent to an activating group) is 1. The summed E-state index contributed by atoms with van der Waals surface area (Å²) in [5.41, 5.74) is 10.7. The number of primary amides is 1. The number of aromatic nitrogens is 1. The summed E-state index contributed by atoms with van der Waals surface area (Å²) in [4.78, 5) is 42.4. The van der Waals surface area contributed by atoms with Crippen LogP contribution in [0.3, 0.4) is 0 Å². The molecule has 42 heavy (non-hydrogen) atoms. The molecule has 2 amide bonds. The maximum Gasteiger partial charge on any atom is 0.410 e. The second kappa shape index (κ2) is 11.1. The highest BCUT2D eigenvalue weighted by Gasteiger charge is 2.35. The Morgan fingerprint density at radius 3 is 2.40 bits per heavy atom. The van der Waals surface area contributed by atoms with Crippen molar-refractivity contribution in [3.63, 3.8) is 0 Å². The molecule has 3 N–H and O–H groups in total. The van der Waals surface area contributed by atoms with E-state index in [-0.39, 0.29) is 29.6 Å². The van der Waals surface area contributed by atoms with Gasteiger partial charge in [0, 0.05) is 61.0 Å². The molecule has 2 aliphatic heterocycles. The van der Waals surface area contributed by atoms with E-state index in [1.54, 1.807) is 11.0 Å². The number of piperazine rings is 1. The van der Waals surface area contributed by atoms with Gasteiger partial charge in [0.05, 0.1) is 11.1 Å². The minimum Gasteiger partial charge on any atom is -0.446 e. The molecule has 2 aromatic carbocycles. The first-order chi connectivity index (χ1) is 20.1. The Morgan fingerprint density at radius 2 is 1.69 bits per heavy atom. The summed E-state index contributed by atoms with van der Waals surface area (Å²) in [7, 11) is 2.06. The molecule has 0 atom stereocenters. The molecular weight excluding hydrogens is 530 g/mol. The molecular formula is C33H41N5O4. The summed E-state index contributed by atoms with van der Waals surface area (Å²) in [6.45, 7) is 7.40. The molecule has 1 saturated carbocycles. The fraction of sp³-hybridized carbons (Fsp3) is 0.485. The van der Waals surface area contributed by atoms with E-state index in [9.17, 15) is 14.4 Å². The predicted octanol–water partition coefficient (Wildman–Crippen LogP) is 5.13. The number of carbonyl (C=O) groups excluding carboxylic acids is 3. The number of benzene rings is 2. The highest BCUT2D eigenvalue weighted by Crippen LogP contribution is 2.43. The summed E-state index contributed by atoms with van der Waals surface area (Å²) < 4.78 is 7.74. The smallest absolute Gasteiger partial charge is 0.410 e. The van der Waals surface area contributed by atoms with Gasteiger partial charge in [0.15, 0.2) is 0 Å².